The Morgan fingerprint density at radius 2 is 1.91 bits per heavy atom. The van der Waals surface area contributed by atoms with E-state index in [-0.39, 0.29) is 12.0 Å². The standard InChI is InChI=1S/C26H26F2N4O/c1-4-7-29-24(17(2)3)13-18-12-21(23(28)15-22(18)27)26-20-6-5-19(14-25(20)30-16-31-26)32-8-10-33-11-9-32/h4-7,12,14-16H,1,8-11,13H2,2-3H3/b29-7-. The van der Waals surface area contributed by atoms with E-state index < -0.39 is 11.6 Å². The van der Waals surface area contributed by atoms with Crippen LogP contribution in [0, 0.1) is 11.6 Å². The van der Waals surface area contributed by atoms with Crippen molar-refractivity contribution in [1.29, 1.82) is 0 Å². The van der Waals surface area contributed by atoms with Gasteiger partial charge in [-0.2, -0.15) is 0 Å². The number of benzene rings is 2. The molecule has 0 spiro atoms. The highest BCUT2D eigenvalue weighted by Crippen LogP contribution is 2.32. The van der Waals surface area contributed by atoms with Crippen LogP contribution >= 0.6 is 0 Å². The van der Waals surface area contributed by atoms with E-state index in [0.29, 0.717) is 41.1 Å². The first kappa shape index (κ1) is 22.7. The third kappa shape index (κ3) is 4.98. The second-order valence-corrected chi connectivity index (χ2v) is 8.08. The van der Waals surface area contributed by atoms with Gasteiger partial charge in [-0.25, -0.2) is 18.7 Å². The molecule has 3 aromatic rings. The number of morpholine rings is 1. The van der Waals surface area contributed by atoms with Crippen molar-refractivity contribution >= 4 is 22.8 Å². The molecule has 5 nitrogen and oxygen atoms in total. The topological polar surface area (TPSA) is 50.6 Å². The zero-order chi connectivity index (χ0) is 23.4. The van der Waals surface area contributed by atoms with Gasteiger partial charge in [-0.1, -0.05) is 18.2 Å². The molecule has 7 heteroatoms. The summed E-state index contributed by atoms with van der Waals surface area (Å²) in [7, 11) is 0. The molecule has 1 aromatic heterocycles. The lowest BCUT2D eigenvalue weighted by Gasteiger charge is -2.29. The molecule has 4 rings (SSSR count). The van der Waals surface area contributed by atoms with Crippen LogP contribution in [0.1, 0.15) is 19.4 Å². The molecule has 0 atom stereocenters. The Morgan fingerprint density at radius 1 is 1.12 bits per heavy atom. The maximum Gasteiger partial charge on any atom is 0.135 e. The van der Waals surface area contributed by atoms with E-state index in [0.717, 1.165) is 30.4 Å². The van der Waals surface area contributed by atoms with Crippen molar-refractivity contribution in [2.24, 2.45) is 4.99 Å². The highest BCUT2D eigenvalue weighted by Gasteiger charge is 2.18. The Kier molecular flexibility index (Phi) is 6.89. The Bertz CT molecular complexity index is 1240. The second-order valence-electron chi connectivity index (χ2n) is 8.08. The summed E-state index contributed by atoms with van der Waals surface area (Å²) in [4.78, 5) is 15.3. The van der Waals surface area contributed by atoms with Crippen molar-refractivity contribution in [2.75, 3.05) is 31.2 Å². The van der Waals surface area contributed by atoms with Crippen molar-refractivity contribution in [3.8, 4) is 11.3 Å². The predicted molar refractivity (Wildman–Crippen MR) is 129 cm³/mol. The number of anilines is 1. The number of hydrogen-bond donors (Lipinski definition) is 0. The Balaban J connectivity index is 1.76. The smallest absolute Gasteiger partial charge is 0.135 e. The van der Waals surface area contributed by atoms with Crippen LogP contribution in [0.25, 0.3) is 22.2 Å². The molecule has 0 aliphatic carbocycles. The van der Waals surface area contributed by atoms with E-state index in [1.54, 1.807) is 12.3 Å². The summed E-state index contributed by atoms with van der Waals surface area (Å²) >= 11 is 0. The fourth-order valence-electron chi connectivity index (χ4n) is 3.86. The molecule has 0 amide bonds. The number of nitrogens with zero attached hydrogens (tertiary/aromatic N) is 4. The summed E-state index contributed by atoms with van der Waals surface area (Å²) in [5, 5.41) is 0.707. The number of ether oxygens (including phenoxy) is 1. The van der Waals surface area contributed by atoms with Gasteiger partial charge in [0.2, 0.25) is 0 Å². The minimum atomic E-state index is -0.665. The summed E-state index contributed by atoms with van der Waals surface area (Å²) in [6.07, 6.45) is 4.78. The second kappa shape index (κ2) is 10.0. The number of allylic oxidation sites excluding steroid dienone is 3. The van der Waals surface area contributed by atoms with E-state index in [1.807, 2.05) is 32.0 Å². The van der Waals surface area contributed by atoms with Crippen LogP contribution in [-0.4, -0.2) is 42.5 Å². The van der Waals surface area contributed by atoms with Gasteiger partial charge in [0.25, 0.3) is 0 Å². The van der Waals surface area contributed by atoms with Crippen molar-refractivity contribution in [1.82, 2.24) is 9.97 Å². The number of hydrogen-bond acceptors (Lipinski definition) is 5. The van der Waals surface area contributed by atoms with Crippen molar-refractivity contribution in [3.05, 3.63) is 77.8 Å². The third-order valence-electron chi connectivity index (χ3n) is 5.66. The number of rotatable bonds is 6. The summed E-state index contributed by atoms with van der Waals surface area (Å²) in [6.45, 7) is 10.4. The molecule has 2 aromatic carbocycles. The van der Waals surface area contributed by atoms with E-state index in [9.17, 15) is 8.78 Å². The molecule has 170 valence electrons. The van der Waals surface area contributed by atoms with E-state index in [2.05, 4.69) is 26.4 Å². The summed E-state index contributed by atoms with van der Waals surface area (Å²) in [6, 6.07) is 8.29. The first-order valence-electron chi connectivity index (χ1n) is 10.8. The molecule has 1 saturated heterocycles. The van der Waals surface area contributed by atoms with Crippen molar-refractivity contribution in [3.63, 3.8) is 0 Å². The van der Waals surface area contributed by atoms with Crippen LogP contribution in [0.4, 0.5) is 14.5 Å². The molecular weight excluding hydrogens is 422 g/mol. The predicted octanol–water partition coefficient (Wildman–Crippen LogP) is 5.50. The third-order valence-corrected chi connectivity index (χ3v) is 5.66. The minimum Gasteiger partial charge on any atom is -0.378 e. The van der Waals surface area contributed by atoms with Gasteiger partial charge in [-0.15, -0.1) is 0 Å². The van der Waals surface area contributed by atoms with Gasteiger partial charge in [-0.3, -0.25) is 4.99 Å². The first-order valence-corrected chi connectivity index (χ1v) is 10.8. The van der Waals surface area contributed by atoms with Gasteiger partial charge in [0.1, 0.15) is 18.0 Å². The number of halogens is 2. The first-order chi connectivity index (χ1) is 16.0. The SMILES string of the molecule is C=C/C=N\C(Cc1cc(-c2ncnc3cc(N4CCOCC4)ccc23)c(F)cc1F)=C(C)C. The number of fused-ring (bicyclic) bond motifs is 1. The summed E-state index contributed by atoms with van der Waals surface area (Å²) in [5.74, 6) is -1.28. The Morgan fingerprint density at radius 3 is 2.64 bits per heavy atom. The maximum absolute atomic E-state index is 14.9. The van der Waals surface area contributed by atoms with Gasteiger partial charge < -0.3 is 9.64 Å². The zero-order valence-corrected chi connectivity index (χ0v) is 18.8. The van der Waals surface area contributed by atoms with E-state index in [4.69, 9.17) is 4.74 Å². The average Bonchev–Trinajstić information content (AvgIpc) is 2.82. The normalized spacial score (nSPS) is 14.1. The zero-order valence-electron chi connectivity index (χ0n) is 18.8. The highest BCUT2D eigenvalue weighted by atomic mass is 19.1. The van der Waals surface area contributed by atoms with Gasteiger partial charge in [0, 0.05) is 54.1 Å². The van der Waals surface area contributed by atoms with Gasteiger partial charge in [-0.05, 0) is 43.7 Å². The molecule has 2 heterocycles. The van der Waals surface area contributed by atoms with Crippen molar-refractivity contribution < 1.29 is 13.5 Å². The number of aliphatic imine (C=N–C) groups is 1. The van der Waals surface area contributed by atoms with Gasteiger partial charge >= 0.3 is 0 Å². The molecule has 0 bridgehead atoms. The molecule has 1 aliphatic rings. The number of aromatic nitrogens is 2. The lowest BCUT2D eigenvalue weighted by molar-refractivity contribution is 0.122. The molecule has 1 aliphatic heterocycles. The van der Waals surface area contributed by atoms with E-state index in [1.165, 1.54) is 12.4 Å². The van der Waals surface area contributed by atoms with Crippen LogP contribution in [0.3, 0.4) is 0 Å². The van der Waals surface area contributed by atoms with Crippen molar-refractivity contribution in [2.45, 2.75) is 20.3 Å². The quantitative estimate of drug-likeness (QED) is 0.467. The monoisotopic (exact) mass is 448 g/mol. The molecule has 0 N–H and O–H groups in total. The maximum atomic E-state index is 14.9. The fraction of sp³-hybridized carbons (Fsp3) is 0.269. The van der Waals surface area contributed by atoms with E-state index >= 15 is 0 Å². The van der Waals surface area contributed by atoms with Gasteiger partial charge in [0.05, 0.1) is 24.4 Å². The molecule has 0 radical (unpaired) electrons. The molecule has 0 unspecified atom stereocenters. The largest absolute Gasteiger partial charge is 0.378 e. The molecule has 0 saturated carbocycles. The van der Waals surface area contributed by atoms with Crippen LogP contribution < -0.4 is 4.90 Å². The lowest BCUT2D eigenvalue weighted by Crippen LogP contribution is -2.36. The molecular formula is C26H26F2N4O. The Hall–Kier alpha value is -3.45. The minimum absolute atomic E-state index is 0.232. The highest BCUT2D eigenvalue weighted by molar-refractivity contribution is 5.94. The van der Waals surface area contributed by atoms with Crippen LogP contribution in [0.15, 0.2) is 65.6 Å². The summed E-state index contributed by atoms with van der Waals surface area (Å²) < 4.78 is 35.0. The lowest BCUT2D eigenvalue weighted by atomic mass is 9.99. The average molecular weight is 449 g/mol. The molecule has 33 heavy (non-hydrogen) atoms. The summed E-state index contributed by atoms with van der Waals surface area (Å²) in [5.41, 5.74) is 4.40. The van der Waals surface area contributed by atoms with Gasteiger partial charge in [0.15, 0.2) is 0 Å². The Labute approximate surface area is 192 Å². The van der Waals surface area contributed by atoms with Crippen LogP contribution in [-0.2, 0) is 11.2 Å². The van der Waals surface area contributed by atoms with Crippen LogP contribution in [0.2, 0.25) is 0 Å². The van der Waals surface area contributed by atoms with Crippen LogP contribution in [0.5, 0.6) is 0 Å². The molecule has 1 fully saturated rings. The fourth-order valence-corrected chi connectivity index (χ4v) is 3.86.